The van der Waals surface area contributed by atoms with Gasteiger partial charge in [-0.2, -0.15) is 15.0 Å². The zero-order chi connectivity index (χ0) is 13.2. The van der Waals surface area contributed by atoms with Crippen molar-refractivity contribution in [3.05, 3.63) is 0 Å². The fourth-order valence-electron chi connectivity index (χ4n) is 2.88. The highest BCUT2D eigenvalue weighted by Gasteiger charge is 2.25. The van der Waals surface area contributed by atoms with Crippen LogP contribution < -0.4 is 15.1 Å². The van der Waals surface area contributed by atoms with Crippen LogP contribution in [0.2, 0.25) is 0 Å². The van der Waals surface area contributed by atoms with Crippen LogP contribution in [-0.2, 0) is 0 Å². The third-order valence-electron chi connectivity index (χ3n) is 4.03. The summed E-state index contributed by atoms with van der Waals surface area (Å²) < 4.78 is 0. The summed E-state index contributed by atoms with van der Waals surface area (Å²) >= 11 is 0. The third-order valence-corrected chi connectivity index (χ3v) is 4.03. The van der Waals surface area contributed by atoms with Gasteiger partial charge >= 0.3 is 0 Å². The molecule has 2 saturated heterocycles. The molecule has 104 valence electrons. The predicted octanol–water partition coefficient (Wildman–Crippen LogP) is 1.50. The molecule has 6 nitrogen and oxygen atoms in total. The maximum atomic E-state index is 4.69. The quantitative estimate of drug-likeness (QED) is 0.891. The first-order valence-electron chi connectivity index (χ1n) is 7.23. The van der Waals surface area contributed by atoms with Crippen LogP contribution in [0.4, 0.5) is 17.8 Å². The van der Waals surface area contributed by atoms with Gasteiger partial charge in [-0.15, -0.1) is 0 Å². The fourth-order valence-corrected chi connectivity index (χ4v) is 2.88. The summed E-state index contributed by atoms with van der Waals surface area (Å²) in [5.74, 6) is 2.32. The van der Waals surface area contributed by atoms with Crippen molar-refractivity contribution < 1.29 is 0 Å². The molecule has 1 aromatic rings. The molecule has 0 radical (unpaired) electrons. The highest BCUT2D eigenvalue weighted by Crippen LogP contribution is 2.25. The van der Waals surface area contributed by atoms with Crippen LogP contribution in [0.15, 0.2) is 0 Å². The van der Waals surface area contributed by atoms with E-state index in [2.05, 4.69) is 37.0 Å². The Morgan fingerprint density at radius 3 is 2.37 bits per heavy atom. The van der Waals surface area contributed by atoms with Crippen LogP contribution in [0.5, 0.6) is 0 Å². The third kappa shape index (κ3) is 2.43. The van der Waals surface area contributed by atoms with E-state index in [9.17, 15) is 0 Å². The van der Waals surface area contributed by atoms with E-state index in [1.54, 1.807) is 0 Å². The van der Waals surface area contributed by atoms with Gasteiger partial charge in [-0.1, -0.05) is 0 Å². The fraction of sp³-hybridized carbons (Fsp3) is 0.769. The number of rotatable bonds is 3. The van der Waals surface area contributed by atoms with Crippen LogP contribution in [-0.4, -0.2) is 47.7 Å². The van der Waals surface area contributed by atoms with Crippen molar-refractivity contribution in [1.82, 2.24) is 15.0 Å². The van der Waals surface area contributed by atoms with Gasteiger partial charge in [-0.25, -0.2) is 0 Å². The van der Waals surface area contributed by atoms with E-state index in [0.717, 1.165) is 31.5 Å². The number of nitrogens with zero attached hydrogens (tertiary/aromatic N) is 5. The molecule has 1 unspecified atom stereocenters. The highest BCUT2D eigenvalue weighted by atomic mass is 15.4. The molecule has 2 aliphatic rings. The minimum absolute atomic E-state index is 0.526. The number of hydrogen-bond acceptors (Lipinski definition) is 6. The van der Waals surface area contributed by atoms with Gasteiger partial charge < -0.3 is 15.1 Å². The van der Waals surface area contributed by atoms with Gasteiger partial charge in [-0.3, -0.25) is 0 Å². The van der Waals surface area contributed by atoms with E-state index >= 15 is 0 Å². The van der Waals surface area contributed by atoms with E-state index in [-0.39, 0.29) is 0 Å². The van der Waals surface area contributed by atoms with Gasteiger partial charge in [0.15, 0.2) is 0 Å². The van der Waals surface area contributed by atoms with Crippen LogP contribution in [0, 0.1) is 0 Å². The van der Waals surface area contributed by atoms with Crippen LogP contribution in [0.3, 0.4) is 0 Å². The maximum absolute atomic E-state index is 4.69. The molecule has 2 fully saturated rings. The van der Waals surface area contributed by atoms with Crippen molar-refractivity contribution in [2.75, 3.05) is 41.8 Å². The summed E-state index contributed by atoms with van der Waals surface area (Å²) in [6.45, 7) is 5.41. The lowest BCUT2D eigenvalue weighted by atomic mass is 10.2. The van der Waals surface area contributed by atoms with Crippen molar-refractivity contribution in [2.45, 2.75) is 38.6 Å². The summed E-state index contributed by atoms with van der Waals surface area (Å²) in [6.07, 6.45) is 4.91. The molecule has 0 spiro atoms. The van der Waals surface area contributed by atoms with Gasteiger partial charge in [0, 0.05) is 32.7 Å². The SMILES string of the molecule is CNc1nc(N2CCCC2)nc(N2CCCC2C)n1. The van der Waals surface area contributed by atoms with Crippen LogP contribution >= 0.6 is 0 Å². The molecule has 0 aliphatic carbocycles. The smallest absolute Gasteiger partial charge is 0.232 e. The van der Waals surface area contributed by atoms with E-state index in [0.29, 0.717) is 12.0 Å². The minimum atomic E-state index is 0.526. The van der Waals surface area contributed by atoms with Gasteiger partial charge in [-0.05, 0) is 32.6 Å². The molecular weight excluding hydrogens is 240 g/mol. The van der Waals surface area contributed by atoms with E-state index in [1.807, 2.05) is 7.05 Å². The Kier molecular flexibility index (Phi) is 3.40. The van der Waals surface area contributed by atoms with Gasteiger partial charge in [0.05, 0.1) is 0 Å². The number of nitrogens with one attached hydrogen (secondary N) is 1. The second kappa shape index (κ2) is 5.19. The maximum Gasteiger partial charge on any atom is 0.232 e. The monoisotopic (exact) mass is 262 g/mol. The second-order valence-electron chi connectivity index (χ2n) is 5.39. The summed E-state index contributed by atoms with van der Waals surface area (Å²) in [4.78, 5) is 18.3. The molecular formula is C13H22N6. The Morgan fingerprint density at radius 1 is 1.00 bits per heavy atom. The lowest BCUT2D eigenvalue weighted by molar-refractivity contribution is 0.712. The van der Waals surface area contributed by atoms with E-state index in [1.165, 1.54) is 25.7 Å². The second-order valence-corrected chi connectivity index (χ2v) is 5.39. The van der Waals surface area contributed by atoms with Crippen molar-refractivity contribution in [3.63, 3.8) is 0 Å². The molecule has 0 aromatic carbocycles. The molecule has 1 atom stereocenters. The Balaban J connectivity index is 1.92. The topological polar surface area (TPSA) is 57.2 Å². The molecule has 0 saturated carbocycles. The largest absolute Gasteiger partial charge is 0.357 e. The summed E-state index contributed by atoms with van der Waals surface area (Å²) in [5, 5.41) is 3.05. The summed E-state index contributed by atoms with van der Waals surface area (Å²) in [6, 6.07) is 0.526. The first kappa shape index (κ1) is 12.4. The molecule has 0 amide bonds. The van der Waals surface area contributed by atoms with Crippen LogP contribution in [0.25, 0.3) is 0 Å². The Morgan fingerprint density at radius 2 is 1.74 bits per heavy atom. The molecule has 19 heavy (non-hydrogen) atoms. The van der Waals surface area contributed by atoms with Crippen molar-refractivity contribution >= 4 is 17.8 Å². The molecule has 3 rings (SSSR count). The molecule has 2 aliphatic heterocycles. The van der Waals surface area contributed by atoms with Gasteiger partial charge in [0.1, 0.15) is 0 Å². The first-order chi connectivity index (χ1) is 9.28. The highest BCUT2D eigenvalue weighted by molar-refractivity contribution is 5.46. The van der Waals surface area contributed by atoms with Crippen molar-refractivity contribution in [1.29, 1.82) is 0 Å². The van der Waals surface area contributed by atoms with Gasteiger partial charge in [0.2, 0.25) is 17.8 Å². The molecule has 0 bridgehead atoms. The Hall–Kier alpha value is -1.59. The predicted molar refractivity (Wildman–Crippen MR) is 76.9 cm³/mol. The summed E-state index contributed by atoms with van der Waals surface area (Å²) in [5.41, 5.74) is 0. The molecule has 1 aromatic heterocycles. The van der Waals surface area contributed by atoms with Gasteiger partial charge in [0.25, 0.3) is 0 Å². The zero-order valence-corrected chi connectivity index (χ0v) is 11.8. The molecule has 3 heterocycles. The van der Waals surface area contributed by atoms with Crippen molar-refractivity contribution in [2.24, 2.45) is 0 Å². The lowest BCUT2D eigenvalue weighted by Gasteiger charge is -2.23. The number of hydrogen-bond donors (Lipinski definition) is 1. The van der Waals surface area contributed by atoms with E-state index < -0.39 is 0 Å². The minimum Gasteiger partial charge on any atom is -0.357 e. The van der Waals surface area contributed by atoms with Crippen LogP contribution in [0.1, 0.15) is 32.6 Å². The average Bonchev–Trinajstić information content (AvgIpc) is 3.09. The standard InChI is InChI=1S/C13H22N6/c1-10-6-5-9-19(10)13-16-11(14-2)15-12(17-13)18-7-3-4-8-18/h10H,3-9H2,1-2H3,(H,14,15,16,17). The van der Waals surface area contributed by atoms with Crippen molar-refractivity contribution in [3.8, 4) is 0 Å². The Labute approximate surface area is 114 Å². The first-order valence-corrected chi connectivity index (χ1v) is 7.23. The normalized spacial score (nSPS) is 23.2. The molecule has 6 heteroatoms. The molecule has 1 N–H and O–H groups in total. The number of anilines is 3. The zero-order valence-electron chi connectivity index (χ0n) is 11.8. The average molecular weight is 262 g/mol. The lowest BCUT2D eigenvalue weighted by Crippen LogP contribution is -2.30. The van der Waals surface area contributed by atoms with E-state index in [4.69, 9.17) is 0 Å². The Bertz CT molecular complexity index is 443. The number of aromatic nitrogens is 3. The summed E-state index contributed by atoms with van der Waals surface area (Å²) in [7, 11) is 1.86.